The number of hydrogen-bond acceptors (Lipinski definition) is 2. The van der Waals surface area contributed by atoms with Crippen LogP contribution in [0.15, 0.2) is 22.7 Å². The monoisotopic (exact) mass is 353 g/mol. The van der Waals surface area contributed by atoms with Crippen molar-refractivity contribution in [1.82, 2.24) is 0 Å². The minimum Gasteiger partial charge on any atom is -0.481 e. The lowest BCUT2D eigenvalue weighted by molar-refractivity contribution is -0.142. The van der Waals surface area contributed by atoms with Crippen LogP contribution in [0.1, 0.15) is 19.4 Å². The molecule has 0 heterocycles. The van der Waals surface area contributed by atoms with Gasteiger partial charge in [0.25, 0.3) is 0 Å². The molecule has 0 spiro atoms. The molecule has 0 aliphatic rings. The molecule has 1 atom stereocenters. The van der Waals surface area contributed by atoms with Gasteiger partial charge in [-0.1, -0.05) is 29.8 Å². The number of aliphatic carboxylic acids is 1. The van der Waals surface area contributed by atoms with Crippen LogP contribution in [0.3, 0.4) is 0 Å². The fourth-order valence-corrected chi connectivity index (χ4v) is 2.10. The van der Waals surface area contributed by atoms with E-state index in [4.69, 9.17) is 5.11 Å². The van der Waals surface area contributed by atoms with E-state index in [0.717, 1.165) is 6.07 Å². The summed E-state index contributed by atoms with van der Waals surface area (Å²) in [5.74, 6) is -1.97. The summed E-state index contributed by atoms with van der Waals surface area (Å²) in [6.07, 6.45) is -4.49. The molecule has 0 bridgehead atoms. The molecule has 0 radical (unpaired) electrons. The lowest BCUT2D eigenvalue weighted by atomic mass is 9.96. The van der Waals surface area contributed by atoms with Gasteiger partial charge in [-0.05, 0) is 24.1 Å². The second kappa shape index (κ2) is 6.47. The van der Waals surface area contributed by atoms with Crippen LogP contribution >= 0.6 is 15.9 Å². The van der Waals surface area contributed by atoms with Crippen molar-refractivity contribution < 1.29 is 23.1 Å². The van der Waals surface area contributed by atoms with Crippen LogP contribution in [0.5, 0.6) is 0 Å². The number of anilines is 1. The molecule has 0 saturated carbocycles. The van der Waals surface area contributed by atoms with Crippen LogP contribution in [0, 0.1) is 11.8 Å². The molecule has 7 heteroatoms. The first kappa shape index (κ1) is 16.8. The van der Waals surface area contributed by atoms with Gasteiger partial charge in [0.1, 0.15) is 0 Å². The molecule has 1 aromatic carbocycles. The molecule has 0 aliphatic heterocycles. The number of alkyl halides is 3. The quantitative estimate of drug-likeness (QED) is 0.832. The maximum absolute atomic E-state index is 12.9. The normalized spacial score (nSPS) is 13.3. The highest BCUT2D eigenvalue weighted by Gasteiger charge is 2.34. The molecule has 1 aromatic rings. The zero-order chi connectivity index (χ0) is 15.5. The molecule has 0 fully saturated rings. The third-order valence-electron chi connectivity index (χ3n) is 2.92. The number of benzene rings is 1. The van der Waals surface area contributed by atoms with Crippen molar-refractivity contribution in [3.05, 3.63) is 28.2 Å². The first-order chi connectivity index (χ1) is 9.12. The summed E-state index contributed by atoms with van der Waals surface area (Å²) in [4.78, 5) is 11.0. The average molecular weight is 354 g/mol. The van der Waals surface area contributed by atoms with E-state index in [1.165, 1.54) is 12.1 Å². The Morgan fingerprint density at radius 2 is 2.00 bits per heavy atom. The van der Waals surface area contributed by atoms with Crippen molar-refractivity contribution in [2.24, 2.45) is 11.8 Å². The second-order valence-electron chi connectivity index (χ2n) is 4.76. The van der Waals surface area contributed by atoms with E-state index in [-0.39, 0.29) is 18.2 Å². The molecule has 1 unspecified atom stereocenters. The first-order valence-electron chi connectivity index (χ1n) is 5.96. The van der Waals surface area contributed by atoms with Gasteiger partial charge in [0, 0.05) is 16.7 Å². The summed E-state index contributed by atoms with van der Waals surface area (Å²) in [7, 11) is 0. The zero-order valence-corrected chi connectivity index (χ0v) is 12.5. The van der Waals surface area contributed by atoms with Gasteiger partial charge in [-0.3, -0.25) is 4.79 Å². The number of rotatable bonds is 5. The van der Waals surface area contributed by atoms with Crippen LogP contribution in [0.4, 0.5) is 18.9 Å². The zero-order valence-electron chi connectivity index (χ0n) is 11.0. The fourth-order valence-electron chi connectivity index (χ4n) is 1.74. The maximum atomic E-state index is 12.9. The van der Waals surface area contributed by atoms with Gasteiger partial charge in [-0.2, -0.15) is 13.2 Å². The SMILES string of the molecule is CC(C)C(CNc1cc(Br)ccc1C(F)(F)F)C(=O)O. The van der Waals surface area contributed by atoms with Crippen LogP contribution < -0.4 is 5.32 Å². The highest BCUT2D eigenvalue weighted by molar-refractivity contribution is 9.10. The summed E-state index contributed by atoms with van der Waals surface area (Å²) in [6, 6.07) is 3.55. The molecule has 3 nitrogen and oxygen atoms in total. The number of hydrogen-bond donors (Lipinski definition) is 2. The van der Waals surface area contributed by atoms with E-state index >= 15 is 0 Å². The van der Waals surface area contributed by atoms with Gasteiger partial charge in [0.2, 0.25) is 0 Å². The van der Waals surface area contributed by atoms with Crippen molar-refractivity contribution in [3.8, 4) is 0 Å². The number of carboxylic acids is 1. The second-order valence-corrected chi connectivity index (χ2v) is 5.67. The van der Waals surface area contributed by atoms with Gasteiger partial charge in [0.05, 0.1) is 11.5 Å². The van der Waals surface area contributed by atoms with Crippen molar-refractivity contribution >= 4 is 27.6 Å². The predicted molar refractivity (Wildman–Crippen MR) is 73.6 cm³/mol. The summed E-state index contributed by atoms with van der Waals surface area (Å²) in [5, 5.41) is 11.6. The molecular formula is C13H15BrF3NO2. The summed E-state index contributed by atoms with van der Waals surface area (Å²) >= 11 is 3.10. The Hall–Kier alpha value is -1.24. The molecular weight excluding hydrogens is 339 g/mol. The highest BCUT2D eigenvalue weighted by atomic mass is 79.9. The van der Waals surface area contributed by atoms with E-state index in [1.54, 1.807) is 13.8 Å². The lowest BCUT2D eigenvalue weighted by Gasteiger charge is -2.20. The Morgan fingerprint density at radius 1 is 1.40 bits per heavy atom. The van der Waals surface area contributed by atoms with E-state index in [2.05, 4.69) is 21.2 Å². The van der Waals surface area contributed by atoms with Gasteiger partial charge in [0.15, 0.2) is 0 Å². The molecule has 0 saturated heterocycles. The Morgan fingerprint density at radius 3 is 2.45 bits per heavy atom. The minimum atomic E-state index is -4.49. The molecule has 0 aromatic heterocycles. The number of carboxylic acid groups (broad SMARTS) is 1. The maximum Gasteiger partial charge on any atom is 0.418 e. The first-order valence-corrected chi connectivity index (χ1v) is 6.75. The standard InChI is InChI=1S/C13H15BrF3NO2/c1-7(2)9(12(19)20)6-18-11-5-8(14)3-4-10(11)13(15,16)17/h3-5,7,9,18H,6H2,1-2H3,(H,19,20). The van der Waals surface area contributed by atoms with Crippen molar-refractivity contribution in [2.75, 3.05) is 11.9 Å². The minimum absolute atomic E-state index is 0.0630. The summed E-state index contributed by atoms with van der Waals surface area (Å²) in [5.41, 5.74) is -0.938. The Bertz CT molecular complexity index is 489. The van der Waals surface area contributed by atoms with E-state index in [1.807, 2.05) is 0 Å². The average Bonchev–Trinajstić information content (AvgIpc) is 2.26. The largest absolute Gasteiger partial charge is 0.481 e. The predicted octanol–water partition coefficient (Wildman–Crippen LogP) is 4.24. The summed E-state index contributed by atoms with van der Waals surface area (Å²) < 4.78 is 39.0. The highest BCUT2D eigenvalue weighted by Crippen LogP contribution is 2.36. The van der Waals surface area contributed by atoms with Crippen LogP contribution in [-0.2, 0) is 11.0 Å². The molecule has 0 amide bonds. The smallest absolute Gasteiger partial charge is 0.418 e. The van der Waals surface area contributed by atoms with E-state index < -0.39 is 23.6 Å². The van der Waals surface area contributed by atoms with Crippen molar-refractivity contribution in [1.29, 1.82) is 0 Å². The van der Waals surface area contributed by atoms with Crippen molar-refractivity contribution in [3.63, 3.8) is 0 Å². The van der Waals surface area contributed by atoms with Crippen molar-refractivity contribution in [2.45, 2.75) is 20.0 Å². The lowest BCUT2D eigenvalue weighted by Crippen LogP contribution is -2.28. The van der Waals surface area contributed by atoms with Crippen LogP contribution in [-0.4, -0.2) is 17.6 Å². The van der Waals surface area contributed by atoms with Gasteiger partial charge < -0.3 is 10.4 Å². The van der Waals surface area contributed by atoms with Crippen LogP contribution in [0.25, 0.3) is 0 Å². The topological polar surface area (TPSA) is 49.3 Å². The molecule has 112 valence electrons. The van der Waals surface area contributed by atoms with Gasteiger partial charge in [-0.15, -0.1) is 0 Å². The third kappa shape index (κ3) is 4.40. The third-order valence-corrected chi connectivity index (χ3v) is 3.41. The van der Waals surface area contributed by atoms with Gasteiger partial charge in [-0.25, -0.2) is 0 Å². The Balaban J connectivity index is 2.97. The van der Waals surface area contributed by atoms with E-state index in [9.17, 15) is 18.0 Å². The Kier molecular flexibility index (Phi) is 5.44. The molecule has 2 N–H and O–H groups in total. The number of nitrogens with one attached hydrogen (secondary N) is 1. The Labute approximate surface area is 123 Å². The molecule has 0 aliphatic carbocycles. The van der Waals surface area contributed by atoms with Crippen LogP contribution in [0.2, 0.25) is 0 Å². The number of carbonyl (C=O) groups is 1. The van der Waals surface area contributed by atoms with E-state index in [0.29, 0.717) is 4.47 Å². The molecule has 1 rings (SSSR count). The number of halogens is 4. The summed E-state index contributed by atoms with van der Waals surface area (Å²) in [6.45, 7) is 3.37. The fraction of sp³-hybridized carbons (Fsp3) is 0.462. The molecule has 20 heavy (non-hydrogen) atoms. The van der Waals surface area contributed by atoms with Gasteiger partial charge >= 0.3 is 12.1 Å².